The zero-order valence-electron chi connectivity index (χ0n) is 9.60. The fourth-order valence-corrected chi connectivity index (χ4v) is 3.40. The van der Waals surface area contributed by atoms with Gasteiger partial charge in [0.2, 0.25) is 0 Å². The first-order valence-electron chi connectivity index (χ1n) is 5.37. The van der Waals surface area contributed by atoms with Gasteiger partial charge in [-0.1, -0.05) is 0 Å². The van der Waals surface area contributed by atoms with E-state index in [9.17, 15) is 0 Å². The molecule has 2 N–H and O–H groups in total. The van der Waals surface area contributed by atoms with Crippen molar-refractivity contribution >= 4 is 27.3 Å². The SMILES string of the molecule is CN(Cc1ccoc1)C(CN)c1ccc(Br)s1. The Morgan fingerprint density at radius 1 is 1.47 bits per heavy atom. The van der Waals surface area contributed by atoms with E-state index in [1.807, 2.05) is 6.07 Å². The van der Waals surface area contributed by atoms with Crippen molar-refractivity contribution in [1.29, 1.82) is 0 Å². The number of hydrogen-bond donors (Lipinski definition) is 1. The third-order valence-corrected chi connectivity index (χ3v) is 4.41. The topological polar surface area (TPSA) is 42.4 Å². The Morgan fingerprint density at radius 2 is 2.29 bits per heavy atom. The molecule has 0 radical (unpaired) electrons. The molecule has 0 bridgehead atoms. The second kappa shape index (κ2) is 5.82. The van der Waals surface area contributed by atoms with Crippen LogP contribution < -0.4 is 5.73 Å². The first-order chi connectivity index (χ1) is 8.20. The van der Waals surface area contributed by atoms with Crippen molar-refractivity contribution in [3.05, 3.63) is 45.0 Å². The van der Waals surface area contributed by atoms with Crippen LogP contribution in [0.5, 0.6) is 0 Å². The number of hydrogen-bond acceptors (Lipinski definition) is 4. The third kappa shape index (κ3) is 3.19. The van der Waals surface area contributed by atoms with Crippen molar-refractivity contribution in [3.8, 4) is 0 Å². The molecule has 0 fully saturated rings. The molecular formula is C12H15BrN2OS. The second-order valence-corrected chi connectivity index (χ2v) is 6.43. The molecule has 1 atom stereocenters. The normalized spacial score (nSPS) is 13.2. The zero-order valence-corrected chi connectivity index (χ0v) is 12.0. The summed E-state index contributed by atoms with van der Waals surface area (Å²) in [7, 11) is 2.08. The van der Waals surface area contributed by atoms with Crippen LogP contribution in [-0.4, -0.2) is 18.5 Å². The Morgan fingerprint density at radius 3 is 2.82 bits per heavy atom. The molecule has 0 aliphatic carbocycles. The molecule has 0 saturated heterocycles. The maximum absolute atomic E-state index is 5.87. The van der Waals surface area contributed by atoms with Gasteiger partial charge in [-0.3, -0.25) is 4.90 Å². The molecule has 2 aromatic heterocycles. The molecule has 17 heavy (non-hydrogen) atoms. The highest BCUT2D eigenvalue weighted by molar-refractivity contribution is 9.11. The zero-order chi connectivity index (χ0) is 12.3. The maximum Gasteiger partial charge on any atom is 0.0947 e. The minimum atomic E-state index is 0.251. The summed E-state index contributed by atoms with van der Waals surface area (Å²) < 4.78 is 6.22. The van der Waals surface area contributed by atoms with Crippen LogP contribution in [0.1, 0.15) is 16.5 Å². The van der Waals surface area contributed by atoms with E-state index in [4.69, 9.17) is 10.2 Å². The second-order valence-electron chi connectivity index (χ2n) is 3.94. The number of likely N-dealkylation sites (N-methyl/N-ethyl adjacent to an activating group) is 1. The molecule has 3 nitrogen and oxygen atoms in total. The van der Waals surface area contributed by atoms with E-state index in [1.165, 1.54) is 10.4 Å². The van der Waals surface area contributed by atoms with Gasteiger partial charge in [0.25, 0.3) is 0 Å². The standard InChI is InChI=1S/C12H15BrN2OS/c1-15(7-9-4-5-16-8-9)10(6-14)11-2-3-12(13)17-11/h2-5,8,10H,6-7,14H2,1H3. The van der Waals surface area contributed by atoms with Gasteiger partial charge < -0.3 is 10.2 Å². The van der Waals surface area contributed by atoms with Crippen molar-refractivity contribution in [2.45, 2.75) is 12.6 Å². The minimum Gasteiger partial charge on any atom is -0.472 e. The molecule has 0 spiro atoms. The molecule has 0 aromatic carbocycles. The van der Waals surface area contributed by atoms with Crippen LogP contribution >= 0.6 is 27.3 Å². The summed E-state index contributed by atoms with van der Waals surface area (Å²) in [6, 6.07) is 6.42. The van der Waals surface area contributed by atoms with Crippen molar-refractivity contribution in [3.63, 3.8) is 0 Å². The van der Waals surface area contributed by atoms with E-state index in [-0.39, 0.29) is 6.04 Å². The van der Waals surface area contributed by atoms with Crippen molar-refractivity contribution in [2.24, 2.45) is 5.73 Å². The predicted octanol–water partition coefficient (Wildman–Crippen LogP) is 3.24. The summed E-state index contributed by atoms with van der Waals surface area (Å²) in [6.45, 7) is 1.45. The van der Waals surface area contributed by atoms with E-state index in [0.29, 0.717) is 6.54 Å². The molecule has 0 saturated carbocycles. The van der Waals surface area contributed by atoms with E-state index in [1.54, 1.807) is 23.9 Å². The van der Waals surface area contributed by atoms with E-state index >= 15 is 0 Å². The van der Waals surface area contributed by atoms with Crippen LogP contribution in [0.2, 0.25) is 0 Å². The summed E-state index contributed by atoms with van der Waals surface area (Å²) in [5.41, 5.74) is 7.04. The van der Waals surface area contributed by atoms with Gasteiger partial charge in [0.1, 0.15) is 0 Å². The smallest absolute Gasteiger partial charge is 0.0947 e. The summed E-state index contributed by atoms with van der Waals surface area (Å²) in [4.78, 5) is 3.52. The summed E-state index contributed by atoms with van der Waals surface area (Å²) in [6.07, 6.45) is 3.47. The van der Waals surface area contributed by atoms with Gasteiger partial charge in [0.05, 0.1) is 22.4 Å². The van der Waals surface area contributed by atoms with Gasteiger partial charge in [-0.2, -0.15) is 0 Å². The number of furan rings is 1. The van der Waals surface area contributed by atoms with Gasteiger partial charge >= 0.3 is 0 Å². The van der Waals surface area contributed by atoms with Crippen LogP contribution in [0.15, 0.2) is 38.9 Å². The largest absolute Gasteiger partial charge is 0.472 e. The van der Waals surface area contributed by atoms with Gasteiger partial charge in [-0.15, -0.1) is 11.3 Å². The monoisotopic (exact) mass is 314 g/mol. The lowest BCUT2D eigenvalue weighted by atomic mass is 10.2. The number of halogens is 1. The highest BCUT2D eigenvalue weighted by atomic mass is 79.9. The molecule has 0 amide bonds. The fraction of sp³-hybridized carbons (Fsp3) is 0.333. The first kappa shape index (κ1) is 12.8. The molecular weight excluding hydrogens is 300 g/mol. The molecule has 2 aromatic rings. The Balaban J connectivity index is 2.07. The number of thiophene rings is 1. The van der Waals surface area contributed by atoms with Crippen molar-refractivity contribution in [1.82, 2.24) is 4.90 Å². The van der Waals surface area contributed by atoms with Crippen LogP contribution in [0.3, 0.4) is 0 Å². The Hall–Kier alpha value is -0.620. The molecule has 0 aliphatic heterocycles. The Bertz CT molecular complexity index is 455. The fourth-order valence-electron chi connectivity index (χ4n) is 1.80. The number of nitrogens with zero attached hydrogens (tertiary/aromatic N) is 1. The Kier molecular flexibility index (Phi) is 4.39. The molecule has 1 unspecified atom stereocenters. The van der Waals surface area contributed by atoms with Crippen LogP contribution in [0.25, 0.3) is 0 Å². The summed E-state index contributed by atoms with van der Waals surface area (Å²) in [5, 5.41) is 0. The van der Waals surface area contributed by atoms with Gasteiger partial charge in [-0.05, 0) is 41.2 Å². The van der Waals surface area contributed by atoms with E-state index in [2.05, 4.69) is 40.0 Å². The lowest BCUT2D eigenvalue weighted by Crippen LogP contribution is -2.29. The molecule has 2 heterocycles. The molecule has 5 heteroatoms. The summed E-state index contributed by atoms with van der Waals surface area (Å²) >= 11 is 5.22. The lowest BCUT2D eigenvalue weighted by Gasteiger charge is -2.25. The van der Waals surface area contributed by atoms with E-state index < -0.39 is 0 Å². The predicted molar refractivity (Wildman–Crippen MR) is 74.0 cm³/mol. The average Bonchev–Trinajstić information content (AvgIpc) is 2.91. The van der Waals surface area contributed by atoms with Gasteiger partial charge in [-0.25, -0.2) is 0 Å². The maximum atomic E-state index is 5.87. The molecule has 0 aliphatic rings. The molecule has 92 valence electrons. The Labute approximate surface area is 113 Å². The number of nitrogens with two attached hydrogens (primary N) is 1. The van der Waals surface area contributed by atoms with Crippen LogP contribution in [0.4, 0.5) is 0 Å². The van der Waals surface area contributed by atoms with Crippen LogP contribution in [0, 0.1) is 0 Å². The van der Waals surface area contributed by atoms with Crippen LogP contribution in [-0.2, 0) is 6.54 Å². The molecule has 2 rings (SSSR count). The highest BCUT2D eigenvalue weighted by Crippen LogP contribution is 2.30. The third-order valence-electron chi connectivity index (χ3n) is 2.69. The minimum absolute atomic E-state index is 0.251. The van der Waals surface area contributed by atoms with Crippen molar-refractivity contribution in [2.75, 3.05) is 13.6 Å². The number of rotatable bonds is 5. The highest BCUT2D eigenvalue weighted by Gasteiger charge is 2.17. The van der Waals surface area contributed by atoms with Crippen molar-refractivity contribution < 1.29 is 4.42 Å². The van der Waals surface area contributed by atoms with Gasteiger partial charge in [0.15, 0.2) is 0 Å². The van der Waals surface area contributed by atoms with Gasteiger partial charge in [0, 0.05) is 23.5 Å². The lowest BCUT2D eigenvalue weighted by molar-refractivity contribution is 0.244. The summed E-state index contributed by atoms with van der Waals surface area (Å²) in [5.74, 6) is 0. The first-order valence-corrected chi connectivity index (χ1v) is 6.98. The average molecular weight is 315 g/mol. The van der Waals surface area contributed by atoms with E-state index in [0.717, 1.165) is 10.3 Å². The quantitative estimate of drug-likeness (QED) is 0.921.